The number of halogens is 3. The Morgan fingerprint density at radius 1 is 0.944 bits per heavy atom. The molecule has 1 aromatic carbocycles. The number of alkyl halides is 3. The molecule has 2 rings (SSSR count). The molecule has 0 spiro atoms. The van der Waals surface area contributed by atoms with Crippen molar-refractivity contribution in [3.63, 3.8) is 0 Å². The summed E-state index contributed by atoms with van der Waals surface area (Å²) in [5.41, 5.74) is 10.6. The van der Waals surface area contributed by atoms with Gasteiger partial charge in [-0.2, -0.15) is 13.2 Å². The van der Waals surface area contributed by atoms with E-state index in [1.54, 1.807) is 0 Å². The second-order valence-electron chi connectivity index (χ2n) is 3.71. The van der Waals surface area contributed by atoms with Crippen molar-refractivity contribution in [3.05, 3.63) is 42.0 Å². The summed E-state index contributed by atoms with van der Waals surface area (Å²) in [7, 11) is 0. The molecule has 0 saturated carbocycles. The van der Waals surface area contributed by atoms with Gasteiger partial charge in [-0.3, -0.25) is 0 Å². The molecule has 1 aromatic heterocycles. The minimum atomic E-state index is -4.44. The molecule has 0 aliphatic heterocycles. The van der Waals surface area contributed by atoms with Gasteiger partial charge < -0.3 is 11.5 Å². The lowest BCUT2D eigenvalue weighted by Gasteiger charge is -2.12. The average Bonchev–Trinajstić information content (AvgIpc) is 2.32. The van der Waals surface area contributed by atoms with E-state index in [-0.39, 0.29) is 22.8 Å². The van der Waals surface area contributed by atoms with Crippen LogP contribution in [0.3, 0.4) is 0 Å². The number of nitrogens with zero attached hydrogens (tertiary/aromatic N) is 1. The number of benzene rings is 1. The summed E-state index contributed by atoms with van der Waals surface area (Å²) < 4.78 is 38.5. The van der Waals surface area contributed by atoms with Crippen molar-refractivity contribution in [2.45, 2.75) is 6.18 Å². The van der Waals surface area contributed by atoms with Crippen molar-refractivity contribution in [2.75, 3.05) is 11.5 Å². The summed E-state index contributed by atoms with van der Waals surface area (Å²) in [5.74, 6) is 0.0180. The van der Waals surface area contributed by atoms with Crippen molar-refractivity contribution in [1.82, 2.24) is 4.98 Å². The van der Waals surface area contributed by atoms with Crippen LogP contribution >= 0.6 is 0 Å². The van der Waals surface area contributed by atoms with Crippen LogP contribution in [0.5, 0.6) is 0 Å². The highest BCUT2D eigenvalue weighted by Gasteiger charge is 2.33. The number of rotatable bonds is 1. The molecule has 0 aliphatic rings. The van der Waals surface area contributed by atoms with E-state index >= 15 is 0 Å². The summed E-state index contributed by atoms with van der Waals surface area (Å²) in [5, 5.41) is 0. The Bertz CT molecular complexity index is 579. The fraction of sp³-hybridized carbons (Fsp3) is 0.0833. The van der Waals surface area contributed by atoms with Crippen molar-refractivity contribution in [3.8, 4) is 11.3 Å². The van der Waals surface area contributed by atoms with Crippen LogP contribution in [0, 0.1) is 0 Å². The zero-order valence-electron chi connectivity index (χ0n) is 9.20. The maximum absolute atomic E-state index is 12.8. The highest BCUT2D eigenvalue weighted by atomic mass is 19.4. The first kappa shape index (κ1) is 12.2. The highest BCUT2D eigenvalue weighted by Crippen LogP contribution is 2.36. The Balaban J connectivity index is 2.61. The molecule has 94 valence electrons. The lowest BCUT2D eigenvalue weighted by molar-refractivity contribution is -0.137. The van der Waals surface area contributed by atoms with E-state index in [1.807, 2.05) is 0 Å². The molecule has 0 fully saturated rings. The van der Waals surface area contributed by atoms with Crippen LogP contribution in [0.25, 0.3) is 11.3 Å². The molecule has 0 saturated heterocycles. The van der Waals surface area contributed by atoms with E-state index < -0.39 is 11.7 Å². The second kappa shape index (κ2) is 4.21. The zero-order valence-corrected chi connectivity index (χ0v) is 9.20. The van der Waals surface area contributed by atoms with Gasteiger partial charge >= 0.3 is 6.18 Å². The summed E-state index contributed by atoms with van der Waals surface area (Å²) in [6, 6.07) is 8.04. The number of hydrogen-bond donors (Lipinski definition) is 2. The Kier molecular flexibility index (Phi) is 2.86. The van der Waals surface area contributed by atoms with E-state index in [2.05, 4.69) is 4.98 Å². The minimum Gasteiger partial charge on any atom is -0.396 e. The SMILES string of the molecule is Nc1ccc(-c2ccccc2C(F)(F)F)nc1N. The second-order valence-corrected chi connectivity index (χ2v) is 3.71. The number of aromatic nitrogens is 1. The molecule has 0 atom stereocenters. The van der Waals surface area contributed by atoms with Gasteiger partial charge in [-0.25, -0.2) is 4.98 Å². The standard InChI is InChI=1S/C12H10F3N3/c13-12(14,15)8-4-2-1-3-7(8)10-6-5-9(16)11(17)18-10/h1-6H,16H2,(H2,17,18). The molecule has 0 amide bonds. The Hall–Kier alpha value is -2.24. The van der Waals surface area contributed by atoms with Crippen LogP contribution in [-0.4, -0.2) is 4.98 Å². The molecule has 0 unspecified atom stereocenters. The molecule has 18 heavy (non-hydrogen) atoms. The fourth-order valence-electron chi connectivity index (χ4n) is 1.59. The molecule has 1 heterocycles. The monoisotopic (exact) mass is 253 g/mol. The quantitative estimate of drug-likeness (QED) is 0.821. The number of anilines is 2. The minimum absolute atomic E-state index is 0.0169. The number of hydrogen-bond acceptors (Lipinski definition) is 3. The Labute approximate surface area is 101 Å². The summed E-state index contributed by atoms with van der Waals surface area (Å²) in [4.78, 5) is 3.87. The first-order valence-corrected chi connectivity index (χ1v) is 5.08. The predicted octanol–water partition coefficient (Wildman–Crippen LogP) is 2.93. The molecule has 6 heteroatoms. The molecule has 4 N–H and O–H groups in total. The van der Waals surface area contributed by atoms with Gasteiger partial charge in [-0.15, -0.1) is 0 Å². The van der Waals surface area contributed by atoms with Gasteiger partial charge in [0.05, 0.1) is 16.9 Å². The maximum atomic E-state index is 12.8. The maximum Gasteiger partial charge on any atom is 0.417 e. The van der Waals surface area contributed by atoms with Gasteiger partial charge in [0.1, 0.15) is 5.82 Å². The van der Waals surface area contributed by atoms with E-state index in [4.69, 9.17) is 11.5 Å². The van der Waals surface area contributed by atoms with Gasteiger partial charge in [0.15, 0.2) is 0 Å². The third-order valence-corrected chi connectivity index (χ3v) is 2.47. The number of nitrogen functional groups attached to an aromatic ring is 2. The molecule has 0 bridgehead atoms. The van der Waals surface area contributed by atoms with E-state index in [0.717, 1.165) is 6.07 Å². The lowest BCUT2D eigenvalue weighted by atomic mass is 10.0. The van der Waals surface area contributed by atoms with Gasteiger partial charge in [0.2, 0.25) is 0 Å². The van der Waals surface area contributed by atoms with Gasteiger partial charge in [0.25, 0.3) is 0 Å². The lowest BCUT2D eigenvalue weighted by Crippen LogP contribution is -2.08. The van der Waals surface area contributed by atoms with Crippen LogP contribution in [0.15, 0.2) is 36.4 Å². The van der Waals surface area contributed by atoms with Crippen LogP contribution in [-0.2, 0) is 6.18 Å². The number of pyridine rings is 1. The predicted molar refractivity (Wildman–Crippen MR) is 63.5 cm³/mol. The highest BCUT2D eigenvalue weighted by molar-refractivity contribution is 5.70. The van der Waals surface area contributed by atoms with Gasteiger partial charge in [-0.05, 0) is 18.2 Å². The van der Waals surface area contributed by atoms with E-state index in [1.165, 1.54) is 30.3 Å². The van der Waals surface area contributed by atoms with Crippen LogP contribution in [0.1, 0.15) is 5.56 Å². The Morgan fingerprint density at radius 3 is 2.22 bits per heavy atom. The zero-order chi connectivity index (χ0) is 13.3. The van der Waals surface area contributed by atoms with Crippen molar-refractivity contribution in [1.29, 1.82) is 0 Å². The largest absolute Gasteiger partial charge is 0.417 e. The molecular formula is C12H10F3N3. The van der Waals surface area contributed by atoms with E-state index in [9.17, 15) is 13.2 Å². The van der Waals surface area contributed by atoms with Crippen molar-refractivity contribution >= 4 is 11.5 Å². The van der Waals surface area contributed by atoms with E-state index in [0.29, 0.717) is 0 Å². The first-order valence-electron chi connectivity index (χ1n) is 5.08. The smallest absolute Gasteiger partial charge is 0.396 e. The summed E-state index contributed by atoms with van der Waals surface area (Å²) >= 11 is 0. The molecule has 2 aromatic rings. The van der Waals surface area contributed by atoms with Crippen molar-refractivity contribution in [2.24, 2.45) is 0 Å². The van der Waals surface area contributed by atoms with Crippen molar-refractivity contribution < 1.29 is 13.2 Å². The van der Waals surface area contributed by atoms with Crippen LogP contribution in [0.4, 0.5) is 24.7 Å². The van der Waals surface area contributed by atoms with Crippen LogP contribution < -0.4 is 11.5 Å². The molecule has 0 radical (unpaired) electrons. The van der Waals surface area contributed by atoms with Gasteiger partial charge in [0, 0.05) is 5.56 Å². The summed E-state index contributed by atoms with van der Waals surface area (Å²) in [6.07, 6.45) is -4.44. The molecule has 0 aliphatic carbocycles. The topological polar surface area (TPSA) is 64.9 Å². The fourth-order valence-corrected chi connectivity index (χ4v) is 1.59. The molecule has 3 nitrogen and oxygen atoms in total. The normalized spacial score (nSPS) is 11.5. The third kappa shape index (κ3) is 2.22. The van der Waals surface area contributed by atoms with Crippen LogP contribution in [0.2, 0.25) is 0 Å². The van der Waals surface area contributed by atoms with Gasteiger partial charge in [-0.1, -0.05) is 18.2 Å². The third-order valence-electron chi connectivity index (χ3n) is 2.47. The average molecular weight is 253 g/mol. The first-order chi connectivity index (χ1) is 8.39. The summed E-state index contributed by atoms with van der Waals surface area (Å²) in [6.45, 7) is 0. The molecular weight excluding hydrogens is 243 g/mol. The number of nitrogens with two attached hydrogens (primary N) is 2. The Morgan fingerprint density at radius 2 is 1.61 bits per heavy atom.